The molecule has 3 saturated heterocycles. The van der Waals surface area contributed by atoms with E-state index in [1.807, 2.05) is 36.4 Å². The summed E-state index contributed by atoms with van der Waals surface area (Å²) in [6, 6.07) is 13.8. The van der Waals surface area contributed by atoms with Crippen LogP contribution in [0.2, 0.25) is 0 Å². The molecule has 3 aromatic heterocycles. The van der Waals surface area contributed by atoms with Crippen molar-refractivity contribution in [2.45, 2.75) is 44.7 Å². The number of rotatable bonds is 8. The maximum Gasteiger partial charge on any atom is 0.274 e. The largest absolute Gasteiger partial charge is 0.381 e. The summed E-state index contributed by atoms with van der Waals surface area (Å²) < 4.78 is 5.71. The molecule has 2 amide bonds. The molecule has 0 bridgehead atoms. The highest BCUT2D eigenvalue weighted by molar-refractivity contribution is 6.03. The molecule has 11 nitrogen and oxygen atoms in total. The molecule has 1 aromatic carbocycles. The number of aromatic nitrogens is 4. The van der Waals surface area contributed by atoms with Crippen LogP contribution in [-0.4, -0.2) is 82.1 Å². The van der Waals surface area contributed by atoms with Crippen molar-refractivity contribution >= 4 is 34.4 Å². The molecule has 46 heavy (non-hydrogen) atoms. The number of pyridine rings is 1. The fourth-order valence-corrected chi connectivity index (χ4v) is 7.03. The van der Waals surface area contributed by atoms with Gasteiger partial charge in [-0.3, -0.25) is 19.5 Å². The summed E-state index contributed by atoms with van der Waals surface area (Å²) in [4.78, 5) is 46.5. The van der Waals surface area contributed by atoms with Gasteiger partial charge in [0.2, 0.25) is 5.91 Å². The van der Waals surface area contributed by atoms with Gasteiger partial charge in [-0.25, -0.2) is 9.97 Å². The summed E-state index contributed by atoms with van der Waals surface area (Å²) in [5.74, 6) is 0.565. The lowest BCUT2D eigenvalue weighted by molar-refractivity contribution is -0.117. The second kappa shape index (κ2) is 13.0. The Balaban J connectivity index is 0.986. The standard InChI is InChI=1S/C35H40N8O3/c1-2-31(44)39-27-4-3-14-42(21-27)20-24-9-13-36-30(18-24)34(45)40-26-7-5-25(6-8-26)29-19-28-32(41-29)37-23-38-33(28)43-15-10-35(11-16-43)12-17-46-22-35/h2,5-9,13,18-19,23,27H,1,3-4,10-12,14-17,20-22H2,(H,39,44)(H,40,45)(H,37,38,41)/t27-/m1/s1. The number of aromatic amines is 1. The van der Waals surface area contributed by atoms with E-state index < -0.39 is 0 Å². The SMILES string of the molecule is C=CC(=O)N[C@@H]1CCCN(Cc2ccnc(C(=O)Nc3ccc(-c4cc5c(N6CCC7(CCOC7)CC6)ncnc5[nH]4)cc3)c2)C1. The van der Waals surface area contributed by atoms with Crippen LogP contribution in [0.4, 0.5) is 11.5 Å². The smallest absolute Gasteiger partial charge is 0.274 e. The third kappa shape index (κ3) is 6.52. The minimum Gasteiger partial charge on any atom is -0.381 e. The molecule has 0 aliphatic carbocycles. The first-order valence-corrected chi connectivity index (χ1v) is 16.2. The van der Waals surface area contributed by atoms with Crippen molar-refractivity contribution in [2.75, 3.05) is 49.6 Å². The average molecular weight is 621 g/mol. The van der Waals surface area contributed by atoms with Gasteiger partial charge in [-0.1, -0.05) is 18.7 Å². The first-order valence-electron chi connectivity index (χ1n) is 16.2. The number of H-pyrrole nitrogens is 1. The van der Waals surface area contributed by atoms with Crippen molar-refractivity contribution in [3.8, 4) is 11.3 Å². The Morgan fingerprint density at radius 2 is 1.91 bits per heavy atom. The zero-order valence-corrected chi connectivity index (χ0v) is 26.0. The van der Waals surface area contributed by atoms with Gasteiger partial charge in [-0.2, -0.15) is 0 Å². The molecule has 3 aliphatic heterocycles. The van der Waals surface area contributed by atoms with Gasteiger partial charge < -0.3 is 25.3 Å². The number of benzene rings is 1. The Kier molecular flexibility index (Phi) is 8.51. The van der Waals surface area contributed by atoms with Crippen LogP contribution >= 0.6 is 0 Å². The zero-order valence-electron chi connectivity index (χ0n) is 26.0. The Morgan fingerprint density at radius 1 is 1.07 bits per heavy atom. The van der Waals surface area contributed by atoms with Crippen molar-refractivity contribution in [1.29, 1.82) is 0 Å². The average Bonchev–Trinajstić information content (AvgIpc) is 3.73. The maximum absolute atomic E-state index is 13.1. The quantitative estimate of drug-likeness (QED) is 0.245. The first-order chi connectivity index (χ1) is 22.5. The van der Waals surface area contributed by atoms with Gasteiger partial charge in [-0.05, 0) is 91.6 Å². The topological polar surface area (TPSA) is 128 Å². The molecule has 0 unspecified atom stereocenters. The molecule has 7 rings (SSSR count). The molecule has 4 aromatic rings. The third-order valence-corrected chi connectivity index (χ3v) is 9.67. The summed E-state index contributed by atoms with van der Waals surface area (Å²) in [5.41, 5.74) is 5.15. The summed E-state index contributed by atoms with van der Waals surface area (Å²) >= 11 is 0. The van der Waals surface area contributed by atoms with E-state index in [2.05, 4.69) is 53.0 Å². The Hall–Kier alpha value is -4.61. The second-order valence-corrected chi connectivity index (χ2v) is 12.8. The van der Waals surface area contributed by atoms with Gasteiger partial charge in [0.25, 0.3) is 5.91 Å². The van der Waals surface area contributed by atoms with Crippen LogP contribution in [0, 0.1) is 5.41 Å². The number of hydrogen-bond acceptors (Lipinski definition) is 8. The molecular weight excluding hydrogens is 580 g/mol. The lowest BCUT2D eigenvalue weighted by atomic mass is 9.78. The fourth-order valence-electron chi connectivity index (χ4n) is 7.03. The Labute approximate surface area is 268 Å². The lowest BCUT2D eigenvalue weighted by Gasteiger charge is -2.39. The van der Waals surface area contributed by atoms with E-state index in [9.17, 15) is 9.59 Å². The van der Waals surface area contributed by atoms with Gasteiger partial charge in [0, 0.05) is 56.4 Å². The minimum atomic E-state index is -0.262. The molecule has 11 heteroatoms. The van der Waals surface area contributed by atoms with Crippen molar-refractivity contribution < 1.29 is 14.3 Å². The summed E-state index contributed by atoms with van der Waals surface area (Å²) in [7, 11) is 0. The van der Waals surface area contributed by atoms with Gasteiger partial charge in [0.05, 0.1) is 12.0 Å². The van der Waals surface area contributed by atoms with Gasteiger partial charge in [-0.15, -0.1) is 0 Å². The summed E-state index contributed by atoms with van der Waals surface area (Å²) in [5, 5.41) is 6.99. The van der Waals surface area contributed by atoms with Crippen molar-refractivity contribution in [2.24, 2.45) is 5.41 Å². The second-order valence-electron chi connectivity index (χ2n) is 12.8. The van der Waals surface area contributed by atoms with Gasteiger partial charge in [0.15, 0.2) is 0 Å². The van der Waals surface area contributed by atoms with Crippen LogP contribution in [0.5, 0.6) is 0 Å². The normalized spacial score (nSPS) is 19.7. The third-order valence-electron chi connectivity index (χ3n) is 9.67. The molecule has 6 heterocycles. The number of piperidine rings is 2. The summed E-state index contributed by atoms with van der Waals surface area (Å²) in [6.45, 7) is 9.62. The Bertz CT molecular complexity index is 1720. The number of carbonyl (C=O) groups excluding carboxylic acids is 2. The number of likely N-dealkylation sites (tertiary alicyclic amines) is 1. The molecule has 0 radical (unpaired) electrons. The minimum absolute atomic E-state index is 0.0981. The van der Waals surface area contributed by atoms with Crippen molar-refractivity contribution in [1.82, 2.24) is 30.2 Å². The first kappa shape index (κ1) is 30.1. The molecule has 1 spiro atoms. The van der Waals surface area contributed by atoms with Gasteiger partial charge >= 0.3 is 0 Å². The maximum atomic E-state index is 13.1. The van der Waals surface area contributed by atoms with E-state index in [-0.39, 0.29) is 17.9 Å². The molecule has 3 fully saturated rings. The predicted octanol–water partition coefficient (Wildman–Crippen LogP) is 4.55. The molecule has 1 atom stereocenters. The van der Waals surface area contributed by atoms with E-state index in [1.165, 1.54) is 6.08 Å². The van der Waals surface area contributed by atoms with Crippen LogP contribution in [0.3, 0.4) is 0 Å². The number of ether oxygens (including phenoxy) is 1. The molecule has 0 saturated carbocycles. The van der Waals surface area contributed by atoms with E-state index in [0.717, 1.165) is 105 Å². The van der Waals surface area contributed by atoms with Crippen molar-refractivity contribution in [3.63, 3.8) is 0 Å². The highest BCUT2D eigenvalue weighted by Crippen LogP contribution is 2.41. The highest BCUT2D eigenvalue weighted by atomic mass is 16.5. The van der Waals surface area contributed by atoms with E-state index in [1.54, 1.807) is 12.5 Å². The number of amides is 2. The van der Waals surface area contributed by atoms with E-state index >= 15 is 0 Å². The number of carbonyl (C=O) groups is 2. The van der Waals surface area contributed by atoms with Crippen LogP contribution in [0.25, 0.3) is 22.3 Å². The predicted molar refractivity (Wildman–Crippen MR) is 177 cm³/mol. The van der Waals surface area contributed by atoms with Gasteiger partial charge in [0.1, 0.15) is 23.5 Å². The fraction of sp³-hybridized carbons (Fsp3) is 0.400. The molecule has 238 valence electrons. The molecule has 3 N–H and O–H groups in total. The zero-order chi connectivity index (χ0) is 31.5. The molecular formula is C35H40N8O3. The Morgan fingerprint density at radius 3 is 2.70 bits per heavy atom. The summed E-state index contributed by atoms with van der Waals surface area (Å²) in [6.07, 6.45) is 9.97. The highest BCUT2D eigenvalue weighted by Gasteiger charge is 2.38. The monoisotopic (exact) mass is 620 g/mol. The van der Waals surface area contributed by atoms with E-state index in [0.29, 0.717) is 23.3 Å². The molecule has 3 aliphatic rings. The van der Waals surface area contributed by atoms with Crippen LogP contribution in [0.1, 0.15) is 48.2 Å². The van der Waals surface area contributed by atoms with Crippen LogP contribution in [-0.2, 0) is 16.1 Å². The number of anilines is 2. The lowest BCUT2D eigenvalue weighted by Crippen LogP contribution is -2.46. The van der Waals surface area contributed by atoms with Crippen molar-refractivity contribution in [3.05, 3.63) is 78.9 Å². The van der Waals surface area contributed by atoms with E-state index in [4.69, 9.17) is 4.74 Å². The van der Waals surface area contributed by atoms with Crippen LogP contribution in [0.15, 0.2) is 67.6 Å². The number of nitrogens with zero attached hydrogens (tertiary/aromatic N) is 5. The number of hydrogen-bond donors (Lipinski definition) is 3. The number of nitrogens with one attached hydrogen (secondary N) is 3. The number of fused-ring (bicyclic) bond motifs is 1. The van der Waals surface area contributed by atoms with Crippen LogP contribution < -0.4 is 15.5 Å².